The monoisotopic (exact) mass is 318 g/mol. The SMILES string of the molecule is O=[N+]([O-])c1ccc(-c2nnc(S(=O)(=O)Cl)n2C2CC2)o1. The van der Waals surface area contributed by atoms with Gasteiger partial charge >= 0.3 is 5.88 Å². The first-order chi connectivity index (χ1) is 9.38. The molecule has 0 aliphatic heterocycles. The van der Waals surface area contributed by atoms with Crippen LogP contribution in [0.25, 0.3) is 11.6 Å². The Kier molecular flexibility index (Phi) is 2.80. The van der Waals surface area contributed by atoms with Gasteiger partial charge in [0.2, 0.25) is 5.82 Å². The fraction of sp³-hybridized carbons (Fsp3) is 0.333. The zero-order chi connectivity index (χ0) is 14.5. The van der Waals surface area contributed by atoms with Gasteiger partial charge in [-0.2, -0.15) is 0 Å². The minimum absolute atomic E-state index is 0.0719. The largest absolute Gasteiger partial charge is 0.433 e. The topological polar surface area (TPSA) is 121 Å². The van der Waals surface area contributed by atoms with E-state index in [-0.39, 0.29) is 22.8 Å². The number of nitrogens with zero attached hydrogens (tertiary/aromatic N) is 4. The number of rotatable bonds is 4. The smallest absolute Gasteiger partial charge is 0.397 e. The van der Waals surface area contributed by atoms with Crippen molar-refractivity contribution >= 4 is 25.6 Å². The van der Waals surface area contributed by atoms with Crippen molar-refractivity contribution in [3.63, 3.8) is 0 Å². The Hall–Kier alpha value is -1.94. The molecule has 3 rings (SSSR count). The van der Waals surface area contributed by atoms with E-state index in [9.17, 15) is 18.5 Å². The fourth-order valence-corrected chi connectivity index (χ4v) is 2.74. The van der Waals surface area contributed by atoms with Crippen LogP contribution < -0.4 is 0 Å². The average molecular weight is 319 g/mol. The van der Waals surface area contributed by atoms with Gasteiger partial charge in [0, 0.05) is 16.7 Å². The van der Waals surface area contributed by atoms with E-state index in [0.717, 1.165) is 18.9 Å². The molecule has 1 saturated carbocycles. The first kappa shape index (κ1) is 13.1. The van der Waals surface area contributed by atoms with Crippen molar-refractivity contribution in [2.45, 2.75) is 24.0 Å². The van der Waals surface area contributed by atoms with E-state index in [1.807, 2.05) is 0 Å². The van der Waals surface area contributed by atoms with Gasteiger partial charge in [-0.1, -0.05) is 0 Å². The quantitative estimate of drug-likeness (QED) is 0.477. The third-order valence-corrected chi connectivity index (χ3v) is 3.92. The van der Waals surface area contributed by atoms with Crippen molar-refractivity contribution in [1.29, 1.82) is 0 Å². The Morgan fingerprint density at radius 1 is 1.40 bits per heavy atom. The highest BCUT2D eigenvalue weighted by Crippen LogP contribution is 2.41. The lowest BCUT2D eigenvalue weighted by Crippen LogP contribution is -2.05. The molecule has 1 aliphatic rings. The van der Waals surface area contributed by atoms with Crippen LogP contribution in [-0.2, 0) is 9.05 Å². The van der Waals surface area contributed by atoms with Crippen LogP contribution in [0.5, 0.6) is 0 Å². The Bertz CT molecular complexity index is 791. The minimum atomic E-state index is -4.05. The van der Waals surface area contributed by atoms with Gasteiger partial charge in [-0.15, -0.1) is 10.2 Å². The number of hydrogen-bond acceptors (Lipinski definition) is 7. The molecule has 0 unspecified atom stereocenters. The predicted molar refractivity (Wildman–Crippen MR) is 65.7 cm³/mol. The summed E-state index contributed by atoms with van der Waals surface area (Å²) in [5.41, 5.74) is 0. The summed E-state index contributed by atoms with van der Waals surface area (Å²) in [5.74, 6) is -0.275. The maximum atomic E-state index is 11.4. The predicted octanol–water partition coefficient (Wildman–Crippen LogP) is 1.71. The van der Waals surface area contributed by atoms with Crippen LogP contribution in [0.3, 0.4) is 0 Å². The van der Waals surface area contributed by atoms with Crippen molar-refractivity contribution < 1.29 is 17.8 Å². The molecular formula is C9H7ClN4O5S. The Balaban J connectivity index is 2.14. The van der Waals surface area contributed by atoms with Crippen LogP contribution in [-0.4, -0.2) is 28.1 Å². The van der Waals surface area contributed by atoms with Crippen LogP contribution in [0, 0.1) is 10.1 Å². The lowest BCUT2D eigenvalue weighted by molar-refractivity contribution is -0.401. The molecule has 0 amide bonds. The minimum Gasteiger partial charge on any atom is -0.397 e. The van der Waals surface area contributed by atoms with Gasteiger partial charge in [0.15, 0.2) is 5.76 Å². The summed E-state index contributed by atoms with van der Waals surface area (Å²) < 4.78 is 29.2. The molecule has 0 saturated heterocycles. The fourth-order valence-electron chi connectivity index (χ4n) is 1.82. The Morgan fingerprint density at radius 2 is 2.10 bits per heavy atom. The molecule has 0 aromatic carbocycles. The van der Waals surface area contributed by atoms with Gasteiger partial charge < -0.3 is 4.42 Å². The van der Waals surface area contributed by atoms with E-state index in [4.69, 9.17) is 15.1 Å². The van der Waals surface area contributed by atoms with E-state index < -0.39 is 19.9 Å². The van der Waals surface area contributed by atoms with Gasteiger partial charge in [0.05, 0.1) is 6.07 Å². The number of furan rings is 1. The number of halogens is 1. The molecule has 2 heterocycles. The van der Waals surface area contributed by atoms with Crippen LogP contribution >= 0.6 is 10.7 Å². The lowest BCUT2D eigenvalue weighted by atomic mass is 10.4. The first-order valence-corrected chi connectivity index (χ1v) is 7.83. The third-order valence-electron chi connectivity index (χ3n) is 2.79. The zero-order valence-corrected chi connectivity index (χ0v) is 11.3. The van der Waals surface area contributed by atoms with E-state index in [2.05, 4.69) is 10.2 Å². The van der Waals surface area contributed by atoms with Gasteiger partial charge in [-0.05, 0) is 18.9 Å². The van der Waals surface area contributed by atoms with Crippen LogP contribution in [0.2, 0.25) is 0 Å². The summed E-state index contributed by atoms with van der Waals surface area (Å²) in [5, 5.41) is 17.5. The van der Waals surface area contributed by atoms with Crippen molar-refractivity contribution in [2.24, 2.45) is 0 Å². The molecular weight excluding hydrogens is 312 g/mol. The molecule has 11 heteroatoms. The van der Waals surface area contributed by atoms with Gasteiger partial charge in [-0.3, -0.25) is 14.7 Å². The van der Waals surface area contributed by atoms with Crippen LogP contribution in [0.15, 0.2) is 21.7 Å². The number of nitro groups is 1. The average Bonchev–Trinajstić information content (AvgIpc) is 2.92. The maximum absolute atomic E-state index is 11.4. The first-order valence-electron chi connectivity index (χ1n) is 5.52. The highest BCUT2D eigenvalue weighted by molar-refractivity contribution is 8.13. The summed E-state index contributed by atoms with van der Waals surface area (Å²) in [6, 6.07) is 2.41. The van der Waals surface area contributed by atoms with Gasteiger partial charge in [0.1, 0.15) is 4.92 Å². The van der Waals surface area contributed by atoms with Crippen molar-refractivity contribution in [1.82, 2.24) is 14.8 Å². The molecule has 9 nitrogen and oxygen atoms in total. The molecule has 2 aromatic rings. The van der Waals surface area contributed by atoms with Gasteiger partial charge in [0.25, 0.3) is 14.2 Å². The molecule has 20 heavy (non-hydrogen) atoms. The second kappa shape index (κ2) is 4.28. The van der Waals surface area contributed by atoms with Crippen molar-refractivity contribution in [3.8, 4) is 11.6 Å². The molecule has 0 N–H and O–H groups in total. The van der Waals surface area contributed by atoms with E-state index >= 15 is 0 Å². The van der Waals surface area contributed by atoms with E-state index in [0.29, 0.717) is 0 Å². The summed E-state index contributed by atoms with van der Waals surface area (Å²) in [7, 11) is 1.25. The van der Waals surface area contributed by atoms with Crippen LogP contribution in [0.4, 0.5) is 5.88 Å². The molecule has 2 aromatic heterocycles. The normalized spacial score (nSPS) is 15.4. The molecule has 0 atom stereocenters. The summed E-state index contributed by atoms with van der Waals surface area (Å²) in [6.07, 6.45) is 1.51. The Morgan fingerprint density at radius 3 is 2.60 bits per heavy atom. The molecule has 106 valence electrons. The van der Waals surface area contributed by atoms with E-state index in [1.165, 1.54) is 10.6 Å². The molecule has 0 spiro atoms. The molecule has 0 bridgehead atoms. The third kappa shape index (κ3) is 2.16. The number of hydrogen-bond donors (Lipinski definition) is 0. The number of aromatic nitrogens is 3. The van der Waals surface area contributed by atoms with E-state index in [1.54, 1.807) is 0 Å². The lowest BCUT2D eigenvalue weighted by Gasteiger charge is -2.04. The maximum Gasteiger partial charge on any atom is 0.433 e. The standard InChI is InChI=1S/C9H7ClN4O5S/c10-20(17,18)9-12-11-8(13(9)5-1-2-5)6-3-4-7(19-6)14(15)16/h3-5H,1-2H2. The van der Waals surface area contributed by atoms with Crippen molar-refractivity contribution in [3.05, 3.63) is 22.2 Å². The summed E-state index contributed by atoms with van der Waals surface area (Å²) in [4.78, 5) is 9.90. The highest BCUT2D eigenvalue weighted by atomic mass is 35.7. The second-order valence-corrected chi connectivity index (χ2v) is 6.70. The highest BCUT2D eigenvalue weighted by Gasteiger charge is 2.35. The molecule has 0 radical (unpaired) electrons. The summed E-state index contributed by atoms with van der Waals surface area (Å²) in [6.45, 7) is 0. The van der Waals surface area contributed by atoms with Crippen LogP contribution in [0.1, 0.15) is 18.9 Å². The molecule has 1 fully saturated rings. The zero-order valence-electron chi connectivity index (χ0n) is 9.76. The molecule has 1 aliphatic carbocycles. The Labute approximate surface area is 116 Å². The van der Waals surface area contributed by atoms with Crippen molar-refractivity contribution in [2.75, 3.05) is 0 Å². The van der Waals surface area contributed by atoms with Gasteiger partial charge in [-0.25, -0.2) is 8.42 Å². The summed E-state index contributed by atoms with van der Waals surface area (Å²) >= 11 is 0. The second-order valence-electron chi connectivity index (χ2n) is 4.24.